The number of aryl methyl sites for hydroxylation is 1. The summed E-state index contributed by atoms with van der Waals surface area (Å²) in [6.45, 7) is 3.35. The highest BCUT2D eigenvalue weighted by molar-refractivity contribution is 5.08. The van der Waals surface area contributed by atoms with Crippen LogP contribution in [0.15, 0.2) is 12.4 Å². The number of nitrogens with zero attached hydrogens (tertiary/aromatic N) is 2. The maximum absolute atomic E-state index is 9.86. The van der Waals surface area contributed by atoms with Crippen molar-refractivity contribution in [3.63, 3.8) is 0 Å². The van der Waals surface area contributed by atoms with Crippen molar-refractivity contribution in [2.75, 3.05) is 20.3 Å². The van der Waals surface area contributed by atoms with Crippen LogP contribution in [0.4, 0.5) is 0 Å². The lowest BCUT2D eigenvalue weighted by molar-refractivity contribution is 0.158. The molecule has 0 aliphatic carbocycles. The molecule has 2 N–H and O–H groups in total. The summed E-state index contributed by atoms with van der Waals surface area (Å²) in [5, 5.41) is 17.1. The number of hydrogen-bond donors (Lipinski definition) is 2. The van der Waals surface area contributed by atoms with Gasteiger partial charge in [0.25, 0.3) is 0 Å². The third-order valence-electron chi connectivity index (χ3n) is 2.52. The predicted octanol–water partition coefficient (Wildman–Crippen LogP) is 0.468. The zero-order valence-corrected chi connectivity index (χ0v) is 10.2. The van der Waals surface area contributed by atoms with E-state index < -0.39 is 6.10 Å². The highest BCUT2D eigenvalue weighted by atomic mass is 16.5. The van der Waals surface area contributed by atoms with E-state index in [1.54, 1.807) is 18.0 Å². The number of rotatable bonds is 7. The Morgan fingerprint density at radius 3 is 2.94 bits per heavy atom. The molecule has 1 aromatic heterocycles. The minimum absolute atomic E-state index is 0.339. The number of aromatic nitrogens is 2. The Labute approximate surface area is 96.4 Å². The van der Waals surface area contributed by atoms with Crippen LogP contribution in [0.5, 0.6) is 0 Å². The van der Waals surface area contributed by atoms with Crippen LogP contribution < -0.4 is 5.32 Å². The molecule has 1 heterocycles. The van der Waals surface area contributed by atoms with Crippen molar-refractivity contribution < 1.29 is 9.84 Å². The maximum atomic E-state index is 9.86. The monoisotopic (exact) mass is 227 g/mol. The van der Waals surface area contributed by atoms with Crippen LogP contribution in [-0.2, 0) is 11.8 Å². The van der Waals surface area contributed by atoms with E-state index in [0.29, 0.717) is 12.6 Å². The molecule has 1 rings (SSSR count). The van der Waals surface area contributed by atoms with Crippen molar-refractivity contribution in [2.45, 2.75) is 25.5 Å². The third kappa shape index (κ3) is 4.30. The van der Waals surface area contributed by atoms with Gasteiger partial charge in [-0.25, -0.2) is 0 Å². The first-order chi connectivity index (χ1) is 7.63. The second-order valence-electron chi connectivity index (χ2n) is 4.05. The van der Waals surface area contributed by atoms with Gasteiger partial charge in [0.15, 0.2) is 0 Å². The van der Waals surface area contributed by atoms with Gasteiger partial charge in [-0.1, -0.05) is 0 Å². The highest BCUT2D eigenvalue weighted by Gasteiger charge is 2.10. The maximum Gasteiger partial charge on any atom is 0.0944 e. The Hall–Kier alpha value is -0.910. The van der Waals surface area contributed by atoms with Crippen LogP contribution in [0.25, 0.3) is 0 Å². The molecule has 0 aliphatic heterocycles. The molecule has 5 nitrogen and oxygen atoms in total. The number of nitrogens with one attached hydrogen (secondary N) is 1. The summed E-state index contributed by atoms with van der Waals surface area (Å²) in [6.07, 6.45) is 3.95. The standard InChI is InChI=1S/C11H21N3O2/c1-9(4-5-16-3)12-7-11(15)10-6-13-14(2)8-10/h6,8-9,11-12,15H,4-5,7H2,1-3H3. The van der Waals surface area contributed by atoms with Crippen molar-refractivity contribution in [3.05, 3.63) is 18.0 Å². The van der Waals surface area contributed by atoms with Crippen LogP contribution in [0, 0.1) is 0 Å². The number of aliphatic hydroxyl groups is 1. The molecule has 92 valence electrons. The van der Waals surface area contributed by atoms with E-state index >= 15 is 0 Å². The number of ether oxygens (including phenoxy) is 1. The molecule has 0 saturated carbocycles. The SMILES string of the molecule is COCCC(C)NCC(O)c1cnn(C)c1. The van der Waals surface area contributed by atoms with Gasteiger partial charge >= 0.3 is 0 Å². The lowest BCUT2D eigenvalue weighted by Crippen LogP contribution is -2.31. The summed E-state index contributed by atoms with van der Waals surface area (Å²) in [6, 6.07) is 0.339. The van der Waals surface area contributed by atoms with Gasteiger partial charge in [-0.3, -0.25) is 4.68 Å². The van der Waals surface area contributed by atoms with Crippen molar-refractivity contribution in [1.82, 2.24) is 15.1 Å². The number of hydrogen-bond acceptors (Lipinski definition) is 4. The van der Waals surface area contributed by atoms with Gasteiger partial charge < -0.3 is 15.2 Å². The third-order valence-corrected chi connectivity index (χ3v) is 2.52. The summed E-state index contributed by atoms with van der Waals surface area (Å²) in [7, 11) is 3.53. The molecule has 0 amide bonds. The Morgan fingerprint density at radius 1 is 1.62 bits per heavy atom. The van der Waals surface area contributed by atoms with Gasteiger partial charge in [0.1, 0.15) is 0 Å². The van der Waals surface area contributed by atoms with Crippen molar-refractivity contribution in [3.8, 4) is 0 Å². The second-order valence-corrected chi connectivity index (χ2v) is 4.05. The van der Waals surface area contributed by atoms with E-state index in [4.69, 9.17) is 4.74 Å². The smallest absolute Gasteiger partial charge is 0.0944 e. The molecule has 16 heavy (non-hydrogen) atoms. The molecule has 2 atom stereocenters. The Balaban J connectivity index is 2.27. The molecular weight excluding hydrogens is 206 g/mol. The average Bonchev–Trinajstić information content (AvgIpc) is 2.69. The topological polar surface area (TPSA) is 59.3 Å². The van der Waals surface area contributed by atoms with E-state index in [2.05, 4.69) is 17.3 Å². The second kappa shape index (κ2) is 6.62. The molecule has 5 heteroatoms. The minimum atomic E-state index is -0.501. The summed E-state index contributed by atoms with van der Waals surface area (Å²) < 4.78 is 6.68. The van der Waals surface area contributed by atoms with Crippen LogP contribution >= 0.6 is 0 Å². The van der Waals surface area contributed by atoms with Crippen LogP contribution in [0.1, 0.15) is 25.0 Å². The Morgan fingerprint density at radius 2 is 2.38 bits per heavy atom. The van der Waals surface area contributed by atoms with E-state index in [0.717, 1.165) is 18.6 Å². The fourth-order valence-electron chi connectivity index (χ4n) is 1.44. The van der Waals surface area contributed by atoms with E-state index in [1.165, 1.54) is 0 Å². The zero-order valence-electron chi connectivity index (χ0n) is 10.2. The lowest BCUT2D eigenvalue weighted by atomic mass is 10.2. The summed E-state index contributed by atoms with van der Waals surface area (Å²) >= 11 is 0. The molecular formula is C11H21N3O2. The molecule has 0 aromatic carbocycles. The predicted molar refractivity (Wildman–Crippen MR) is 62.1 cm³/mol. The zero-order chi connectivity index (χ0) is 12.0. The van der Waals surface area contributed by atoms with Gasteiger partial charge in [-0.2, -0.15) is 5.10 Å². The van der Waals surface area contributed by atoms with E-state index in [1.807, 2.05) is 13.2 Å². The molecule has 0 fully saturated rings. The molecule has 0 radical (unpaired) electrons. The van der Waals surface area contributed by atoms with E-state index in [-0.39, 0.29) is 0 Å². The molecule has 1 aromatic rings. The first-order valence-electron chi connectivity index (χ1n) is 5.52. The van der Waals surface area contributed by atoms with Gasteiger partial charge in [0.2, 0.25) is 0 Å². The quantitative estimate of drug-likeness (QED) is 0.711. The van der Waals surface area contributed by atoms with Gasteiger partial charge in [0, 0.05) is 45.1 Å². The fourth-order valence-corrected chi connectivity index (χ4v) is 1.44. The minimum Gasteiger partial charge on any atom is -0.387 e. The number of methoxy groups -OCH3 is 1. The van der Waals surface area contributed by atoms with Crippen molar-refractivity contribution in [2.24, 2.45) is 7.05 Å². The summed E-state index contributed by atoms with van der Waals surface area (Å²) in [4.78, 5) is 0. The normalized spacial score (nSPS) is 15.0. The van der Waals surface area contributed by atoms with Crippen LogP contribution in [-0.4, -0.2) is 41.2 Å². The molecule has 0 saturated heterocycles. The lowest BCUT2D eigenvalue weighted by Gasteiger charge is -2.15. The summed E-state index contributed by atoms with van der Waals surface area (Å²) in [5.41, 5.74) is 0.842. The van der Waals surface area contributed by atoms with Gasteiger partial charge in [-0.15, -0.1) is 0 Å². The highest BCUT2D eigenvalue weighted by Crippen LogP contribution is 2.10. The van der Waals surface area contributed by atoms with E-state index in [9.17, 15) is 5.11 Å². The first kappa shape index (κ1) is 13.2. The summed E-state index contributed by atoms with van der Waals surface area (Å²) in [5.74, 6) is 0. The van der Waals surface area contributed by atoms with Crippen LogP contribution in [0.2, 0.25) is 0 Å². The van der Waals surface area contributed by atoms with Crippen molar-refractivity contribution >= 4 is 0 Å². The fraction of sp³-hybridized carbons (Fsp3) is 0.727. The average molecular weight is 227 g/mol. The molecule has 2 unspecified atom stereocenters. The number of aliphatic hydroxyl groups excluding tert-OH is 1. The first-order valence-corrected chi connectivity index (χ1v) is 5.52. The molecule has 0 spiro atoms. The van der Waals surface area contributed by atoms with Crippen LogP contribution in [0.3, 0.4) is 0 Å². The Bertz CT molecular complexity index is 301. The van der Waals surface area contributed by atoms with Crippen molar-refractivity contribution in [1.29, 1.82) is 0 Å². The van der Waals surface area contributed by atoms with Gasteiger partial charge in [-0.05, 0) is 13.3 Å². The molecule has 0 bridgehead atoms. The largest absolute Gasteiger partial charge is 0.387 e. The molecule has 0 aliphatic rings. The van der Waals surface area contributed by atoms with Gasteiger partial charge in [0.05, 0.1) is 12.3 Å². The Kier molecular flexibility index (Phi) is 5.45.